The largest absolute Gasteiger partial charge is 0.504 e. The van der Waals surface area contributed by atoms with Crippen molar-refractivity contribution in [3.8, 4) is 17.2 Å². The molecule has 3 aromatic rings. The first-order chi connectivity index (χ1) is 14.9. The second-order valence-corrected chi connectivity index (χ2v) is 7.15. The van der Waals surface area contributed by atoms with Crippen molar-refractivity contribution < 1.29 is 23.9 Å². The van der Waals surface area contributed by atoms with Crippen molar-refractivity contribution in [2.24, 2.45) is 5.16 Å². The number of rotatable bonds is 6. The maximum Gasteiger partial charge on any atom is 0.275 e. The molecule has 1 amide bonds. The topological polar surface area (TPSA) is 98.0 Å². The summed E-state index contributed by atoms with van der Waals surface area (Å²) in [6.45, 7) is 1.92. The maximum atomic E-state index is 13.3. The molecule has 2 N–H and O–H groups in total. The second kappa shape index (κ2) is 8.47. The van der Waals surface area contributed by atoms with Crippen LogP contribution in [-0.4, -0.2) is 46.3 Å². The molecule has 0 aliphatic carbocycles. The number of hydrogen-bond acceptors (Lipinski definition) is 6. The first kappa shape index (κ1) is 20.4. The fourth-order valence-corrected chi connectivity index (χ4v) is 3.31. The second-order valence-electron chi connectivity index (χ2n) is 7.15. The monoisotopic (exact) mass is 424 g/mol. The molecule has 31 heavy (non-hydrogen) atoms. The highest BCUT2D eigenvalue weighted by Gasteiger charge is 2.24. The Morgan fingerprint density at radius 2 is 2.10 bits per heavy atom. The number of benzene rings is 2. The Labute approximate surface area is 177 Å². The van der Waals surface area contributed by atoms with E-state index in [0.717, 1.165) is 17.0 Å². The van der Waals surface area contributed by atoms with Gasteiger partial charge in [0.2, 0.25) is 0 Å². The van der Waals surface area contributed by atoms with Gasteiger partial charge in [0.25, 0.3) is 5.91 Å². The van der Waals surface area contributed by atoms with Gasteiger partial charge >= 0.3 is 0 Å². The minimum Gasteiger partial charge on any atom is -0.504 e. The molecule has 1 aliphatic rings. The van der Waals surface area contributed by atoms with Crippen LogP contribution in [0.3, 0.4) is 0 Å². The lowest BCUT2D eigenvalue weighted by molar-refractivity contribution is 0.0749. The third-order valence-corrected chi connectivity index (χ3v) is 4.96. The summed E-state index contributed by atoms with van der Waals surface area (Å²) in [5.41, 5.74) is 2.75. The van der Waals surface area contributed by atoms with Gasteiger partial charge in [0.05, 0.1) is 31.3 Å². The van der Waals surface area contributed by atoms with E-state index >= 15 is 0 Å². The van der Waals surface area contributed by atoms with Gasteiger partial charge in [0.15, 0.2) is 11.4 Å². The molecular formula is C22H21FN4O4. The van der Waals surface area contributed by atoms with E-state index in [2.05, 4.69) is 15.6 Å². The first-order valence-electron chi connectivity index (χ1n) is 9.65. The van der Waals surface area contributed by atoms with Gasteiger partial charge in [-0.2, -0.15) is 5.10 Å². The number of amides is 1. The summed E-state index contributed by atoms with van der Waals surface area (Å²) in [6.07, 6.45) is 1.51. The van der Waals surface area contributed by atoms with E-state index in [4.69, 9.17) is 9.57 Å². The zero-order valence-corrected chi connectivity index (χ0v) is 17.0. The smallest absolute Gasteiger partial charge is 0.275 e. The normalized spacial score (nSPS) is 15.3. The number of aryl methyl sites for hydroxylation is 1. The van der Waals surface area contributed by atoms with Gasteiger partial charge in [0.1, 0.15) is 17.7 Å². The van der Waals surface area contributed by atoms with Crippen molar-refractivity contribution in [2.75, 3.05) is 13.7 Å². The lowest BCUT2D eigenvalue weighted by Gasteiger charge is -2.09. The lowest BCUT2D eigenvalue weighted by atomic mass is 10.0. The third-order valence-electron chi connectivity index (χ3n) is 4.96. The van der Waals surface area contributed by atoms with Gasteiger partial charge in [0, 0.05) is 6.42 Å². The van der Waals surface area contributed by atoms with E-state index in [-0.39, 0.29) is 29.9 Å². The van der Waals surface area contributed by atoms with Crippen LogP contribution in [0, 0.1) is 12.7 Å². The molecule has 0 saturated carbocycles. The number of aromatic nitrogens is 2. The molecule has 0 bridgehead atoms. The molecule has 4 rings (SSSR count). The summed E-state index contributed by atoms with van der Waals surface area (Å²) in [5.74, 6) is -0.438. The Balaban J connectivity index is 1.37. The zero-order valence-electron chi connectivity index (χ0n) is 17.0. The Kier molecular flexibility index (Phi) is 5.57. The Hall–Kier alpha value is -3.88. The quantitative estimate of drug-likeness (QED) is 0.634. The van der Waals surface area contributed by atoms with E-state index in [9.17, 15) is 14.3 Å². The number of carbonyl (C=O) groups excluding carboxylic acids is 1. The average Bonchev–Trinajstić information content (AvgIpc) is 3.39. The summed E-state index contributed by atoms with van der Waals surface area (Å²) in [4.78, 5) is 17.9. The SMILES string of the molecule is COc1ccc(C2=NO[C@@H](CNC(=O)c3nn(-c4ccc(F)cc4C)cc3O)C2)cc1. The molecule has 0 unspecified atom stereocenters. The predicted molar refractivity (Wildman–Crippen MR) is 111 cm³/mol. The maximum absolute atomic E-state index is 13.3. The highest BCUT2D eigenvalue weighted by Crippen LogP contribution is 2.22. The Morgan fingerprint density at radius 1 is 1.32 bits per heavy atom. The highest BCUT2D eigenvalue weighted by atomic mass is 19.1. The van der Waals surface area contributed by atoms with Crippen LogP contribution < -0.4 is 10.1 Å². The van der Waals surface area contributed by atoms with Gasteiger partial charge in [-0.3, -0.25) is 4.79 Å². The summed E-state index contributed by atoms with van der Waals surface area (Å²) < 4.78 is 19.8. The predicted octanol–water partition coefficient (Wildman–Crippen LogP) is 2.96. The van der Waals surface area contributed by atoms with E-state index in [1.165, 1.54) is 29.1 Å². The molecule has 1 aromatic heterocycles. The number of aromatic hydroxyl groups is 1. The van der Waals surface area contributed by atoms with Crippen LogP contribution in [-0.2, 0) is 4.84 Å². The molecule has 9 heteroatoms. The number of carbonyl (C=O) groups is 1. The molecule has 0 spiro atoms. The van der Waals surface area contributed by atoms with Crippen LogP contribution in [0.5, 0.6) is 11.5 Å². The van der Waals surface area contributed by atoms with E-state index in [1.807, 2.05) is 24.3 Å². The fourth-order valence-electron chi connectivity index (χ4n) is 3.31. The van der Waals surface area contributed by atoms with Crippen LogP contribution in [0.15, 0.2) is 53.8 Å². The molecule has 0 fully saturated rings. The van der Waals surface area contributed by atoms with Crippen molar-refractivity contribution in [1.29, 1.82) is 0 Å². The van der Waals surface area contributed by atoms with E-state index in [1.54, 1.807) is 14.0 Å². The summed E-state index contributed by atoms with van der Waals surface area (Å²) in [5, 5.41) is 21.1. The van der Waals surface area contributed by atoms with Gasteiger partial charge in [-0.1, -0.05) is 5.16 Å². The number of halogens is 1. The van der Waals surface area contributed by atoms with Gasteiger partial charge in [-0.15, -0.1) is 0 Å². The first-order valence-corrected chi connectivity index (χ1v) is 9.65. The number of nitrogens with zero attached hydrogens (tertiary/aromatic N) is 3. The van der Waals surface area contributed by atoms with Crippen molar-refractivity contribution in [3.05, 3.63) is 71.3 Å². The van der Waals surface area contributed by atoms with Crippen LogP contribution in [0.25, 0.3) is 5.69 Å². The number of hydrogen-bond donors (Lipinski definition) is 2. The summed E-state index contributed by atoms with van der Waals surface area (Å²) >= 11 is 0. The minimum absolute atomic E-state index is 0.127. The molecule has 0 saturated heterocycles. The number of methoxy groups -OCH3 is 1. The lowest BCUT2D eigenvalue weighted by Crippen LogP contribution is -2.32. The number of oxime groups is 1. The number of ether oxygens (including phenoxy) is 1. The van der Waals surface area contributed by atoms with E-state index < -0.39 is 5.91 Å². The highest BCUT2D eigenvalue weighted by molar-refractivity contribution is 6.01. The Morgan fingerprint density at radius 3 is 2.81 bits per heavy atom. The van der Waals surface area contributed by atoms with Crippen LogP contribution >= 0.6 is 0 Å². The average molecular weight is 424 g/mol. The van der Waals surface area contributed by atoms with Crippen molar-refractivity contribution in [3.63, 3.8) is 0 Å². The standard InChI is InChI=1S/C22H21FN4O4/c1-13-9-15(23)5-8-19(13)27-12-20(28)21(25-27)22(29)24-11-17-10-18(26-31-17)14-3-6-16(30-2)7-4-14/h3-9,12,17,28H,10-11H2,1-2H3,(H,24,29)/t17-/m1/s1. The van der Waals surface area contributed by atoms with Gasteiger partial charge in [-0.05, 0) is 60.5 Å². The molecular weight excluding hydrogens is 403 g/mol. The zero-order chi connectivity index (χ0) is 22.0. The van der Waals surface area contributed by atoms with Crippen molar-refractivity contribution in [2.45, 2.75) is 19.4 Å². The van der Waals surface area contributed by atoms with Gasteiger partial charge in [-0.25, -0.2) is 9.07 Å². The van der Waals surface area contributed by atoms with Crippen molar-refractivity contribution in [1.82, 2.24) is 15.1 Å². The summed E-state index contributed by atoms with van der Waals surface area (Å²) in [7, 11) is 1.60. The Bertz CT molecular complexity index is 1140. The van der Waals surface area contributed by atoms with Gasteiger partial charge < -0.3 is 20.0 Å². The van der Waals surface area contributed by atoms with Crippen molar-refractivity contribution >= 4 is 11.6 Å². The fraction of sp³-hybridized carbons (Fsp3) is 0.227. The summed E-state index contributed by atoms with van der Waals surface area (Å²) in [6, 6.07) is 11.6. The molecule has 2 aromatic carbocycles. The molecule has 1 aliphatic heterocycles. The molecule has 2 heterocycles. The minimum atomic E-state index is -0.544. The molecule has 0 radical (unpaired) electrons. The van der Waals surface area contributed by atoms with E-state index in [0.29, 0.717) is 17.7 Å². The molecule has 1 atom stereocenters. The molecule has 8 nitrogen and oxygen atoms in total. The van der Waals surface area contributed by atoms with Crippen LogP contribution in [0.2, 0.25) is 0 Å². The molecule has 160 valence electrons. The third kappa shape index (κ3) is 4.35. The van der Waals surface area contributed by atoms with Crippen LogP contribution in [0.1, 0.15) is 28.0 Å². The van der Waals surface area contributed by atoms with Crippen LogP contribution in [0.4, 0.5) is 4.39 Å². The number of nitrogens with one attached hydrogen (secondary N) is 1.